The lowest BCUT2D eigenvalue weighted by atomic mass is 9.98. The van der Waals surface area contributed by atoms with E-state index in [4.69, 9.17) is 9.47 Å². The third-order valence-corrected chi connectivity index (χ3v) is 6.94. The number of nitrogens with zero attached hydrogens (tertiary/aromatic N) is 1. The number of rotatable bonds is 4. The molecule has 2 fully saturated rings. The van der Waals surface area contributed by atoms with E-state index in [0.717, 1.165) is 80.0 Å². The minimum absolute atomic E-state index is 0.0519. The first kappa shape index (κ1) is 21.2. The lowest BCUT2D eigenvalue weighted by Gasteiger charge is -2.39. The highest BCUT2D eigenvalue weighted by Crippen LogP contribution is 2.31. The number of piperidine rings is 1. The molecular formula is C27H32N2O3. The van der Waals surface area contributed by atoms with Crippen LogP contribution in [0.1, 0.15) is 37.7 Å². The fourth-order valence-corrected chi connectivity index (χ4v) is 5.05. The monoisotopic (exact) mass is 432 g/mol. The van der Waals surface area contributed by atoms with E-state index in [1.807, 2.05) is 30.3 Å². The normalized spacial score (nSPS) is 20.6. The summed E-state index contributed by atoms with van der Waals surface area (Å²) in [7, 11) is 0. The van der Waals surface area contributed by atoms with Crippen molar-refractivity contribution in [1.82, 2.24) is 10.2 Å². The number of nitrogens with one attached hydrogen (secondary N) is 1. The fourth-order valence-electron chi connectivity index (χ4n) is 5.05. The first-order valence-corrected chi connectivity index (χ1v) is 11.9. The zero-order valence-corrected chi connectivity index (χ0v) is 18.6. The molecule has 2 aromatic rings. The lowest BCUT2D eigenvalue weighted by Crippen LogP contribution is -2.49. The van der Waals surface area contributed by atoms with E-state index in [1.54, 1.807) is 0 Å². The van der Waals surface area contributed by atoms with Gasteiger partial charge in [-0.05, 0) is 55.0 Å². The van der Waals surface area contributed by atoms with E-state index in [1.165, 1.54) is 0 Å². The van der Waals surface area contributed by atoms with Gasteiger partial charge in [0, 0.05) is 55.9 Å². The molecule has 168 valence electrons. The van der Waals surface area contributed by atoms with Crippen LogP contribution in [0.3, 0.4) is 0 Å². The topological polar surface area (TPSA) is 50.8 Å². The van der Waals surface area contributed by atoms with Crippen molar-refractivity contribution in [3.05, 3.63) is 59.7 Å². The number of fused-ring (bicyclic) bond motifs is 1. The summed E-state index contributed by atoms with van der Waals surface area (Å²) in [6.07, 6.45) is 6.94. The smallest absolute Gasteiger partial charge is 0.247 e. The van der Waals surface area contributed by atoms with Crippen LogP contribution in [0.25, 0.3) is 17.2 Å². The summed E-state index contributed by atoms with van der Waals surface area (Å²) in [5.74, 6) is 0.897. The first-order valence-electron chi connectivity index (χ1n) is 11.9. The van der Waals surface area contributed by atoms with Gasteiger partial charge < -0.3 is 19.7 Å². The summed E-state index contributed by atoms with van der Waals surface area (Å²) >= 11 is 0. The van der Waals surface area contributed by atoms with Gasteiger partial charge in [0.15, 0.2) is 0 Å². The third kappa shape index (κ3) is 4.89. The van der Waals surface area contributed by atoms with Crippen LogP contribution in [0.15, 0.2) is 54.1 Å². The van der Waals surface area contributed by atoms with Crippen molar-refractivity contribution in [3.8, 4) is 16.9 Å². The molecule has 5 nitrogen and oxygen atoms in total. The third-order valence-electron chi connectivity index (χ3n) is 6.94. The molecule has 0 unspecified atom stereocenters. The van der Waals surface area contributed by atoms with Crippen LogP contribution in [0, 0.1) is 0 Å². The molecule has 5 heteroatoms. The van der Waals surface area contributed by atoms with Crippen molar-refractivity contribution in [2.45, 2.75) is 44.2 Å². The summed E-state index contributed by atoms with van der Waals surface area (Å²) in [6, 6.07) is 17.4. The van der Waals surface area contributed by atoms with Gasteiger partial charge >= 0.3 is 0 Å². The maximum atomic E-state index is 13.1. The highest BCUT2D eigenvalue weighted by atomic mass is 16.5. The van der Waals surface area contributed by atoms with Crippen LogP contribution in [0.4, 0.5) is 0 Å². The van der Waals surface area contributed by atoms with Gasteiger partial charge in [-0.15, -0.1) is 0 Å². The fraction of sp³-hybridized carbons (Fsp3) is 0.444. The molecule has 0 spiro atoms. The lowest BCUT2D eigenvalue weighted by molar-refractivity contribution is -0.118. The Bertz CT molecular complexity index is 958. The molecule has 3 aliphatic rings. The highest BCUT2D eigenvalue weighted by Gasteiger charge is 2.28. The Kier molecular flexibility index (Phi) is 6.56. The molecule has 1 amide bonds. The Labute approximate surface area is 190 Å². The van der Waals surface area contributed by atoms with E-state index in [0.29, 0.717) is 19.1 Å². The van der Waals surface area contributed by atoms with Gasteiger partial charge in [-0.25, -0.2) is 0 Å². The van der Waals surface area contributed by atoms with Gasteiger partial charge in [0.05, 0.1) is 6.61 Å². The zero-order valence-electron chi connectivity index (χ0n) is 18.6. The second-order valence-corrected chi connectivity index (χ2v) is 9.01. The van der Waals surface area contributed by atoms with E-state index >= 15 is 0 Å². The number of hydrogen-bond donors (Lipinski definition) is 1. The van der Waals surface area contributed by atoms with Gasteiger partial charge in [0.25, 0.3) is 0 Å². The number of amides is 1. The molecule has 0 radical (unpaired) electrons. The van der Waals surface area contributed by atoms with Gasteiger partial charge in [0.1, 0.15) is 5.75 Å². The largest absolute Gasteiger partial charge is 0.493 e. The molecule has 0 saturated carbocycles. The predicted octanol–water partition coefficient (Wildman–Crippen LogP) is 4.28. The van der Waals surface area contributed by atoms with Crippen molar-refractivity contribution in [1.29, 1.82) is 0 Å². The van der Waals surface area contributed by atoms with Gasteiger partial charge in [-0.1, -0.05) is 36.4 Å². The number of carbonyl (C=O) groups is 1. The van der Waals surface area contributed by atoms with Crippen molar-refractivity contribution >= 4 is 12.0 Å². The second-order valence-electron chi connectivity index (χ2n) is 9.01. The van der Waals surface area contributed by atoms with E-state index in [9.17, 15) is 4.79 Å². The first-order chi connectivity index (χ1) is 15.8. The number of likely N-dealkylation sites (tertiary alicyclic amines) is 1. The quantitative estimate of drug-likeness (QED) is 0.784. The molecule has 32 heavy (non-hydrogen) atoms. The zero-order chi connectivity index (χ0) is 21.8. The van der Waals surface area contributed by atoms with Gasteiger partial charge in [-0.3, -0.25) is 4.79 Å². The molecule has 0 aliphatic carbocycles. The molecule has 0 atom stereocenters. The van der Waals surface area contributed by atoms with Gasteiger partial charge in [-0.2, -0.15) is 0 Å². The summed E-state index contributed by atoms with van der Waals surface area (Å²) in [4.78, 5) is 15.7. The van der Waals surface area contributed by atoms with Crippen molar-refractivity contribution in [3.63, 3.8) is 0 Å². The molecule has 5 rings (SSSR count). The maximum Gasteiger partial charge on any atom is 0.247 e. The van der Waals surface area contributed by atoms with Crippen LogP contribution < -0.4 is 10.1 Å². The molecule has 0 bridgehead atoms. The van der Waals surface area contributed by atoms with E-state index in [2.05, 4.69) is 34.5 Å². The van der Waals surface area contributed by atoms with Crippen LogP contribution in [-0.2, 0) is 9.53 Å². The molecule has 1 N–H and O–H groups in total. The number of ether oxygens (including phenoxy) is 2. The SMILES string of the molecule is O=C(NC1CCN(C2CCOCC2)CC1)C1=Cc2cc(-c3ccccc3)ccc2OCC1. The number of benzene rings is 2. The predicted molar refractivity (Wildman–Crippen MR) is 127 cm³/mol. The van der Waals surface area contributed by atoms with Crippen molar-refractivity contribution in [2.75, 3.05) is 32.9 Å². The van der Waals surface area contributed by atoms with Crippen LogP contribution in [0.2, 0.25) is 0 Å². The Morgan fingerprint density at radius 2 is 1.69 bits per heavy atom. The molecule has 3 aliphatic heterocycles. The summed E-state index contributed by atoms with van der Waals surface area (Å²) in [6.45, 7) is 4.40. The van der Waals surface area contributed by atoms with Crippen LogP contribution in [-0.4, -0.2) is 55.8 Å². The minimum Gasteiger partial charge on any atom is -0.493 e. The Morgan fingerprint density at radius 1 is 0.906 bits per heavy atom. The van der Waals surface area contributed by atoms with Crippen molar-refractivity contribution < 1.29 is 14.3 Å². The molecule has 3 heterocycles. The second kappa shape index (κ2) is 9.88. The van der Waals surface area contributed by atoms with Crippen LogP contribution >= 0.6 is 0 Å². The van der Waals surface area contributed by atoms with E-state index < -0.39 is 0 Å². The average molecular weight is 433 g/mol. The van der Waals surface area contributed by atoms with Gasteiger partial charge in [0.2, 0.25) is 5.91 Å². The Morgan fingerprint density at radius 3 is 2.47 bits per heavy atom. The van der Waals surface area contributed by atoms with Crippen LogP contribution in [0.5, 0.6) is 5.75 Å². The summed E-state index contributed by atoms with van der Waals surface area (Å²) < 4.78 is 11.4. The molecule has 0 aromatic heterocycles. The maximum absolute atomic E-state index is 13.1. The van der Waals surface area contributed by atoms with Crippen molar-refractivity contribution in [2.24, 2.45) is 0 Å². The molecular weight excluding hydrogens is 400 g/mol. The molecule has 2 saturated heterocycles. The average Bonchev–Trinajstić information content (AvgIpc) is 3.08. The minimum atomic E-state index is 0.0519. The summed E-state index contributed by atoms with van der Waals surface area (Å²) in [5.41, 5.74) is 4.07. The van der Waals surface area contributed by atoms with E-state index in [-0.39, 0.29) is 11.9 Å². The standard InChI is InChI=1S/C27H32N2O3/c30-27(28-24-8-13-29(14-9-24)25-11-15-31-16-12-25)22-10-17-32-26-7-6-21(18-23(26)19-22)20-4-2-1-3-5-20/h1-7,18-19,24-25H,8-17H2,(H,28,30). The molecule has 2 aromatic carbocycles. The Hall–Kier alpha value is -2.63. The highest BCUT2D eigenvalue weighted by molar-refractivity contribution is 5.98. The number of carbonyl (C=O) groups excluding carboxylic acids is 1. The number of hydrogen-bond acceptors (Lipinski definition) is 4. The Balaban J connectivity index is 1.24. The summed E-state index contributed by atoms with van der Waals surface area (Å²) in [5, 5.41) is 3.30.